The fourth-order valence-corrected chi connectivity index (χ4v) is 5.47. The van der Waals surface area contributed by atoms with Crippen molar-refractivity contribution in [2.75, 3.05) is 38.5 Å². The van der Waals surface area contributed by atoms with Crippen LogP contribution in [0.1, 0.15) is 28.9 Å². The zero-order valence-electron chi connectivity index (χ0n) is 16.3. The number of thioether (sulfide) groups is 1. The Morgan fingerprint density at radius 2 is 1.89 bits per heavy atom. The monoisotopic (exact) mass is 400 g/mol. The fraction of sp³-hybridized carbons (Fsp3) is 0.650. The Labute approximate surface area is 169 Å². The molecule has 28 heavy (non-hydrogen) atoms. The van der Waals surface area contributed by atoms with Crippen molar-refractivity contribution in [1.82, 2.24) is 29.4 Å². The van der Waals surface area contributed by atoms with Gasteiger partial charge in [0.2, 0.25) is 0 Å². The summed E-state index contributed by atoms with van der Waals surface area (Å²) in [4.78, 5) is 17.3. The van der Waals surface area contributed by atoms with Gasteiger partial charge in [0.15, 0.2) is 0 Å². The summed E-state index contributed by atoms with van der Waals surface area (Å²) in [5.74, 6) is 2.04. The van der Waals surface area contributed by atoms with Crippen molar-refractivity contribution in [1.29, 1.82) is 0 Å². The number of rotatable bonds is 5. The molecule has 3 aliphatic heterocycles. The third-order valence-corrected chi connectivity index (χ3v) is 7.22. The van der Waals surface area contributed by atoms with Gasteiger partial charge in [-0.2, -0.15) is 22.0 Å². The first-order valence-electron chi connectivity index (χ1n) is 10.4. The Kier molecular flexibility index (Phi) is 5.26. The number of piperazine rings is 1. The molecular weight excluding hydrogens is 372 g/mol. The summed E-state index contributed by atoms with van der Waals surface area (Å²) in [6.45, 7) is 7.96. The molecule has 5 heterocycles. The molecule has 0 radical (unpaired) electrons. The maximum atomic E-state index is 12.3. The Morgan fingerprint density at radius 3 is 2.79 bits per heavy atom. The summed E-state index contributed by atoms with van der Waals surface area (Å²) in [5, 5.41) is 9.16. The van der Waals surface area contributed by atoms with E-state index in [1.807, 2.05) is 11.8 Å². The molecule has 0 spiro atoms. The molecule has 1 saturated heterocycles. The summed E-state index contributed by atoms with van der Waals surface area (Å²) >= 11 is 1.89. The van der Waals surface area contributed by atoms with Crippen LogP contribution in [0.5, 0.6) is 0 Å². The summed E-state index contributed by atoms with van der Waals surface area (Å²) in [6.07, 6.45) is 5.46. The molecule has 2 aromatic heterocycles. The van der Waals surface area contributed by atoms with Gasteiger partial charge in [-0.15, -0.1) is 0 Å². The van der Waals surface area contributed by atoms with Gasteiger partial charge in [-0.3, -0.25) is 19.3 Å². The van der Waals surface area contributed by atoms with Gasteiger partial charge in [0.25, 0.3) is 5.56 Å². The first-order chi connectivity index (χ1) is 13.8. The Bertz CT molecular complexity index is 899. The maximum Gasteiger partial charge on any atom is 0.267 e. The minimum atomic E-state index is 0.0509. The van der Waals surface area contributed by atoms with E-state index >= 15 is 0 Å². The second-order valence-electron chi connectivity index (χ2n) is 8.04. The lowest BCUT2D eigenvalue weighted by Crippen LogP contribution is -2.47. The zero-order chi connectivity index (χ0) is 18.9. The van der Waals surface area contributed by atoms with E-state index in [9.17, 15) is 4.79 Å². The van der Waals surface area contributed by atoms with Crippen LogP contribution >= 0.6 is 11.8 Å². The summed E-state index contributed by atoms with van der Waals surface area (Å²) < 4.78 is 3.85. The van der Waals surface area contributed by atoms with Crippen LogP contribution in [-0.4, -0.2) is 67.8 Å². The van der Waals surface area contributed by atoms with Crippen molar-refractivity contribution in [3.63, 3.8) is 0 Å². The van der Waals surface area contributed by atoms with Crippen LogP contribution in [0.25, 0.3) is 0 Å². The molecule has 150 valence electrons. The number of aromatic nitrogens is 4. The lowest BCUT2D eigenvalue weighted by molar-refractivity contribution is 0.122. The van der Waals surface area contributed by atoms with E-state index in [0.717, 1.165) is 75.0 Å². The number of nitrogens with zero attached hydrogens (tertiary/aromatic N) is 6. The van der Waals surface area contributed by atoms with Crippen LogP contribution in [0.2, 0.25) is 0 Å². The minimum absolute atomic E-state index is 0.0509. The van der Waals surface area contributed by atoms with Gasteiger partial charge in [0.1, 0.15) is 0 Å². The summed E-state index contributed by atoms with van der Waals surface area (Å²) in [6, 6.07) is 1.80. The number of hydrogen-bond donors (Lipinski definition) is 0. The standard InChI is InChI=1S/C20H28N6OS/c27-20-12-16-15-28-11-3-18(16)22-26(20)10-9-23-5-7-24(8-6-23)14-17-13-21-25-4-1-2-19(17)25/h12-13H,1-11,14-15H2. The predicted molar refractivity (Wildman–Crippen MR) is 111 cm³/mol. The number of aryl methyl sites for hydroxylation is 2. The van der Waals surface area contributed by atoms with E-state index in [4.69, 9.17) is 0 Å². The molecule has 2 aromatic rings. The highest BCUT2D eigenvalue weighted by atomic mass is 32.2. The molecule has 3 aliphatic rings. The molecule has 8 heteroatoms. The SMILES string of the molecule is O=c1cc2c(nn1CCN1CCN(Cc3cnn4c3CCC4)CC1)CCSC2. The maximum absolute atomic E-state index is 12.3. The smallest absolute Gasteiger partial charge is 0.267 e. The molecule has 0 N–H and O–H groups in total. The largest absolute Gasteiger partial charge is 0.299 e. The van der Waals surface area contributed by atoms with Gasteiger partial charge in [0.05, 0.1) is 18.4 Å². The lowest BCUT2D eigenvalue weighted by Gasteiger charge is -2.34. The normalized spacial score (nSPS) is 20.3. The van der Waals surface area contributed by atoms with Crippen LogP contribution in [-0.2, 0) is 38.2 Å². The van der Waals surface area contributed by atoms with Crippen molar-refractivity contribution in [3.8, 4) is 0 Å². The molecule has 7 nitrogen and oxygen atoms in total. The molecule has 0 amide bonds. The first kappa shape index (κ1) is 18.4. The van der Waals surface area contributed by atoms with Crippen LogP contribution in [0.15, 0.2) is 17.1 Å². The minimum Gasteiger partial charge on any atom is -0.299 e. The van der Waals surface area contributed by atoms with Crippen molar-refractivity contribution < 1.29 is 0 Å². The second-order valence-corrected chi connectivity index (χ2v) is 9.15. The first-order valence-corrected chi connectivity index (χ1v) is 11.6. The van der Waals surface area contributed by atoms with Crippen LogP contribution in [0, 0.1) is 0 Å². The highest BCUT2D eigenvalue weighted by Crippen LogP contribution is 2.21. The average Bonchev–Trinajstić information content (AvgIpc) is 3.33. The third-order valence-electron chi connectivity index (χ3n) is 6.21. The molecule has 0 atom stereocenters. The lowest BCUT2D eigenvalue weighted by atomic mass is 10.1. The van der Waals surface area contributed by atoms with Gasteiger partial charge in [-0.1, -0.05) is 0 Å². The van der Waals surface area contributed by atoms with E-state index in [-0.39, 0.29) is 5.56 Å². The van der Waals surface area contributed by atoms with Crippen molar-refractivity contribution in [2.45, 2.75) is 44.6 Å². The number of hydrogen-bond acceptors (Lipinski definition) is 6. The van der Waals surface area contributed by atoms with E-state index in [1.165, 1.54) is 24.1 Å². The Morgan fingerprint density at radius 1 is 1.04 bits per heavy atom. The molecule has 0 unspecified atom stereocenters. The average molecular weight is 401 g/mol. The molecule has 0 saturated carbocycles. The van der Waals surface area contributed by atoms with Gasteiger partial charge < -0.3 is 0 Å². The molecule has 0 aliphatic carbocycles. The third kappa shape index (κ3) is 3.77. The second kappa shape index (κ2) is 8.00. The Hall–Kier alpha value is -1.64. The van der Waals surface area contributed by atoms with E-state index < -0.39 is 0 Å². The van der Waals surface area contributed by atoms with E-state index in [2.05, 4.69) is 30.9 Å². The summed E-state index contributed by atoms with van der Waals surface area (Å²) in [5.41, 5.74) is 5.16. The van der Waals surface area contributed by atoms with Crippen molar-refractivity contribution in [3.05, 3.63) is 45.1 Å². The molecule has 0 aromatic carbocycles. The Balaban J connectivity index is 1.13. The quantitative estimate of drug-likeness (QED) is 0.746. The van der Waals surface area contributed by atoms with Crippen molar-refractivity contribution in [2.24, 2.45) is 0 Å². The van der Waals surface area contributed by atoms with Crippen LogP contribution in [0.4, 0.5) is 0 Å². The number of fused-ring (bicyclic) bond motifs is 2. The van der Waals surface area contributed by atoms with Gasteiger partial charge in [-0.25, -0.2) is 4.68 Å². The highest BCUT2D eigenvalue weighted by molar-refractivity contribution is 7.98. The van der Waals surface area contributed by atoms with Gasteiger partial charge in [-0.05, 0) is 24.2 Å². The molecule has 0 bridgehead atoms. The topological polar surface area (TPSA) is 59.2 Å². The van der Waals surface area contributed by atoms with Gasteiger partial charge in [0, 0.05) is 75.3 Å². The molecule has 5 rings (SSSR count). The molecule has 1 fully saturated rings. The fourth-order valence-electron chi connectivity index (χ4n) is 4.52. The van der Waals surface area contributed by atoms with E-state index in [1.54, 1.807) is 10.7 Å². The predicted octanol–water partition coefficient (Wildman–Crippen LogP) is 0.993. The highest BCUT2D eigenvalue weighted by Gasteiger charge is 2.21. The van der Waals surface area contributed by atoms with E-state index in [0.29, 0.717) is 6.54 Å². The summed E-state index contributed by atoms with van der Waals surface area (Å²) in [7, 11) is 0. The van der Waals surface area contributed by atoms with Crippen LogP contribution in [0.3, 0.4) is 0 Å². The van der Waals surface area contributed by atoms with Crippen molar-refractivity contribution >= 4 is 11.8 Å². The molecular formula is C20H28N6OS. The van der Waals surface area contributed by atoms with Gasteiger partial charge >= 0.3 is 0 Å². The zero-order valence-corrected chi connectivity index (χ0v) is 17.2. The van der Waals surface area contributed by atoms with Crippen LogP contribution < -0.4 is 5.56 Å².